The summed E-state index contributed by atoms with van der Waals surface area (Å²) in [5.41, 5.74) is 5.69. The molecule has 11 heavy (non-hydrogen) atoms. The highest BCUT2D eigenvalue weighted by Gasteiger charge is 2.25. The van der Waals surface area contributed by atoms with E-state index in [9.17, 15) is 4.79 Å². The van der Waals surface area contributed by atoms with Crippen LogP contribution in [0.15, 0.2) is 0 Å². The molecule has 0 heterocycles. The standard InChI is InChI=1S/C8H17NO2/c1-4-6(8(10)11)7(9)5(2)3/h5-7H,4,9H2,1-3H3,(H,10,11). The zero-order chi connectivity index (χ0) is 9.02. The van der Waals surface area contributed by atoms with Crippen LogP contribution in [0, 0.1) is 11.8 Å². The van der Waals surface area contributed by atoms with E-state index < -0.39 is 11.9 Å². The summed E-state index contributed by atoms with van der Waals surface area (Å²) in [6, 6.07) is -0.225. The second kappa shape index (κ2) is 4.34. The lowest BCUT2D eigenvalue weighted by molar-refractivity contribution is -0.143. The van der Waals surface area contributed by atoms with Crippen LogP contribution in [0.3, 0.4) is 0 Å². The van der Waals surface area contributed by atoms with Crippen molar-refractivity contribution in [2.24, 2.45) is 17.6 Å². The zero-order valence-corrected chi connectivity index (χ0v) is 7.37. The summed E-state index contributed by atoms with van der Waals surface area (Å²) in [6.45, 7) is 5.73. The smallest absolute Gasteiger partial charge is 0.308 e. The van der Waals surface area contributed by atoms with Crippen LogP contribution in [0.5, 0.6) is 0 Å². The van der Waals surface area contributed by atoms with E-state index >= 15 is 0 Å². The number of nitrogens with two attached hydrogens (primary N) is 1. The van der Waals surface area contributed by atoms with Crippen LogP contribution >= 0.6 is 0 Å². The second-order valence-corrected chi connectivity index (χ2v) is 3.17. The van der Waals surface area contributed by atoms with Crippen LogP contribution < -0.4 is 5.73 Å². The SMILES string of the molecule is CCC(C(=O)O)C(N)C(C)C. The van der Waals surface area contributed by atoms with E-state index in [2.05, 4.69) is 0 Å². The molecule has 0 amide bonds. The third kappa shape index (κ3) is 2.89. The number of carboxylic acids is 1. The molecule has 0 aliphatic carbocycles. The Bertz CT molecular complexity index is 134. The monoisotopic (exact) mass is 159 g/mol. The Kier molecular flexibility index (Phi) is 4.11. The minimum Gasteiger partial charge on any atom is -0.481 e. The molecule has 0 rings (SSSR count). The van der Waals surface area contributed by atoms with Crippen molar-refractivity contribution >= 4 is 5.97 Å². The third-order valence-electron chi connectivity index (χ3n) is 1.99. The van der Waals surface area contributed by atoms with Gasteiger partial charge in [-0.15, -0.1) is 0 Å². The van der Waals surface area contributed by atoms with Crippen LogP contribution in [0.2, 0.25) is 0 Å². The predicted molar refractivity (Wildman–Crippen MR) is 44.2 cm³/mol. The summed E-state index contributed by atoms with van der Waals surface area (Å²) < 4.78 is 0. The van der Waals surface area contributed by atoms with E-state index in [-0.39, 0.29) is 12.0 Å². The quantitative estimate of drug-likeness (QED) is 0.645. The molecule has 0 radical (unpaired) electrons. The second-order valence-electron chi connectivity index (χ2n) is 3.17. The van der Waals surface area contributed by atoms with Crippen LogP contribution in [-0.4, -0.2) is 17.1 Å². The van der Waals surface area contributed by atoms with Crippen LogP contribution in [-0.2, 0) is 4.79 Å². The van der Waals surface area contributed by atoms with Gasteiger partial charge in [0.25, 0.3) is 0 Å². The topological polar surface area (TPSA) is 63.3 Å². The normalized spacial score (nSPS) is 16.5. The molecule has 66 valence electrons. The molecule has 2 unspecified atom stereocenters. The highest BCUT2D eigenvalue weighted by atomic mass is 16.4. The fourth-order valence-electron chi connectivity index (χ4n) is 1.08. The summed E-state index contributed by atoms with van der Waals surface area (Å²) in [6.07, 6.45) is 0.606. The zero-order valence-electron chi connectivity index (χ0n) is 7.37. The molecule has 3 heteroatoms. The molecule has 0 bridgehead atoms. The van der Waals surface area contributed by atoms with Gasteiger partial charge in [0.05, 0.1) is 5.92 Å². The van der Waals surface area contributed by atoms with E-state index in [1.165, 1.54) is 0 Å². The van der Waals surface area contributed by atoms with Crippen molar-refractivity contribution in [3.63, 3.8) is 0 Å². The Labute approximate surface area is 67.6 Å². The molecule has 0 aromatic heterocycles. The maximum Gasteiger partial charge on any atom is 0.308 e. The molecule has 2 atom stereocenters. The lowest BCUT2D eigenvalue weighted by atomic mass is 9.89. The van der Waals surface area contributed by atoms with E-state index in [0.29, 0.717) is 6.42 Å². The van der Waals surface area contributed by atoms with Crippen molar-refractivity contribution in [2.75, 3.05) is 0 Å². The number of carboxylic acid groups (broad SMARTS) is 1. The third-order valence-corrected chi connectivity index (χ3v) is 1.99. The summed E-state index contributed by atoms with van der Waals surface area (Å²) in [5, 5.41) is 8.71. The van der Waals surface area contributed by atoms with Crippen molar-refractivity contribution in [1.82, 2.24) is 0 Å². The first-order chi connectivity index (χ1) is 5.00. The van der Waals surface area contributed by atoms with Gasteiger partial charge < -0.3 is 10.8 Å². The Morgan fingerprint density at radius 1 is 1.55 bits per heavy atom. The fourth-order valence-corrected chi connectivity index (χ4v) is 1.08. The molecule has 0 saturated heterocycles. The Morgan fingerprint density at radius 3 is 2.09 bits per heavy atom. The molecule has 0 aliphatic heterocycles. The minimum absolute atomic E-state index is 0.225. The van der Waals surface area contributed by atoms with Crippen molar-refractivity contribution in [3.8, 4) is 0 Å². The largest absolute Gasteiger partial charge is 0.481 e. The van der Waals surface area contributed by atoms with Crippen molar-refractivity contribution in [2.45, 2.75) is 33.2 Å². The molecule has 0 spiro atoms. The predicted octanol–water partition coefficient (Wildman–Crippen LogP) is 1.08. The molecular weight excluding hydrogens is 142 g/mol. The maximum atomic E-state index is 10.6. The summed E-state index contributed by atoms with van der Waals surface area (Å²) in [5.74, 6) is -0.945. The van der Waals surface area contributed by atoms with Gasteiger partial charge in [-0.05, 0) is 12.3 Å². The van der Waals surface area contributed by atoms with Gasteiger partial charge in [-0.3, -0.25) is 4.79 Å². The van der Waals surface area contributed by atoms with Gasteiger partial charge >= 0.3 is 5.97 Å². The van der Waals surface area contributed by atoms with Crippen molar-refractivity contribution in [1.29, 1.82) is 0 Å². The number of aliphatic carboxylic acids is 1. The average molecular weight is 159 g/mol. The lowest BCUT2D eigenvalue weighted by Crippen LogP contribution is -2.39. The molecule has 0 aromatic carbocycles. The Hall–Kier alpha value is -0.570. The van der Waals surface area contributed by atoms with Gasteiger partial charge in [-0.25, -0.2) is 0 Å². The van der Waals surface area contributed by atoms with Crippen LogP contribution in [0.25, 0.3) is 0 Å². The van der Waals surface area contributed by atoms with E-state index in [4.69, 9.17) is 10.8 Å². The molecule has 0 aliphatic rings. The molecular formula is C8H17NO2. The Balaban J connectivity index is 4.14. The maximum absolute atomic E-state index is 10.6. The van der Waals surface area contributed by atoms with E-state index in [0.717, 1.165) is 0 Å². The van der Waals surface area contributed by atoms with Gasteiger partial charge in [0, 0.05) is 6.04 Å². The van der Waals surface area contributed by atoms with Crippen LogP contribution in [0.1, 0.15) is 27.2 Å². The number of hydrogen-bond donors (Lipinski definition) is 2. The van der Waals surface area contributed by atoms with Gasteiger partial charge in [0.15, 0.2) is 0 Å². The molecule has 3 N–H and O–H groups in total. The minimum atomic E-state index is -0.784. The molecule has 0 aromatic rings. The van der Waals surface area contributed by atoms with Crippen molar-refractivity contribution < 1.29 is 9.90 Å². The molecule has 0 saturated carbocycles. The van der Waals surface area contributed by atoms with Gasteiger partial charge in [0.1, 0.15) is 0 Å². The average Bonchev–Trinajstić information content (AvgIpc) is 1.88. The van der Waals surface area contributed by atoms with E-state index in [1.54, 1.807) is 0 Å². The highest BCUT2D eigenvalue weighted by molar-refractivity contribution is 5.70. The molecule has 3 nitrogen and oxygen atoms in total. The first-order valence-corrected chi connectivity index (χ1v) is 3.99. The van der Waals surface area contributed by atoms with Gasteiger partial charge in [0.2, 0.25) is 0 Å². The summed E-state index contributed by atoms with van der Waals surface area (Å²) in [7, 11) is 0. The molecule has 0 fully saturated rings. The van der Waals surface area contributed by atoms with Gasteiger partial charge in [-0.2, -0.15) is 0 Å². The van der Waals surface area contributed by atoms with E-state index in [1.807, 2.05) is 20.8 Å². The first-order valence-electron chi connectivity index (χ1n) is 3.99. The van der Waals surface area contributed by atoms with Crippen molar-refractivity contribution in [3.05, 3.63) is 0 Å². The van der Waals surface area contributed by atoms with Crippen LogP contribution in [0.4, 0.5) is 0 Å². The lowest BCUT2D eigenvalue weighted by Gasteiger charge is -2.21. The summed E-state index contributed by atoms with van der Waals surface area (Å²) >= 11 is 0. The number of carbonyl (C=O) groups is 1. The highest BCUT2D eigenvalue weighted by Crippen LogP contribution is 2.13. The Morgan fingerprint density at radius 2 is 2.00 bits per heavy atom. The summed E-state index contributed by atoms with van der Waals surface area (Å²) in [4.78, 5) is 10.6. The first kappa shape index (κ1) is 10.4. The van der Waals surface area contributed by atoms with Gasteiger partial charge in [-0.1, -0.05) is 20.8 Å². The number of hydrogen-bond acceptors (Lipinski definition) is 2. The fraction of sp³-hybridized carbons (Fsp3) is 0.875. The number of rotatable bonds is 4.